The Balaban J connectivity index is 4.11. The van der Waals surface area contributed by atoms with Gasteiger partial charge in [-0.2, -0.15) is 0 Å². The van der Waals surface area contributed by atoms with Crippen molar-refractivity contribution in [3.05, 3.63) is 24.4 Å². The van der Waals surface area contributed by atoms with Crippen LogP contribution in [-0.4, -0.2) is 21.2 Å². The fourth-order valence-electron chi connectivity index (χ4n) is 0.802. The highest BCUT2D eigenvalue weighted by Crippen LogP contribution is 2.10. The van der Waals surface area contributed by atoms with Crippen molar-refractivity contribution in [2.45, 2.75) is 19.1 Å². The lowest BCUT2D eigenvalue weighted by Gasteiger charge is -2.13. The van der Waals surface area contributed by atoms with Crippen LogP contribution < -0.4 is 0 Å². The molecule has 0 aromatic carbocycles. The normalized spacial score (nSPS) is 11.6. The Labute approximate surface area is 74.9 Å². The van der Waals surface area contributed by atoms with E-state index >= 15 is 0 Å². The molecule has 0 spiro atoms. The lowest BCUT2D eigenvalue weighted by atomic mass is 10.7. The molecule has 0 aliphatic carbocycles. The van der Waals surface area contributed by atoms with Crippen LogP contribution in [0.5, 0.6) is 0 Å². The van der Waals surface area contributed by atoms with Gasteiger partial charge in [0.2, 0.25) is 0 Å². The fraction of sp³-hybridized carbons (Fsp3) is 0.444. The van der Waals surface area contributed by atoms with Crippen LogP contribution in [0.15, 0.2) is 24.4 Å². The van der Waals surface area contributed by atoms with Crippen molar-refractivity contribution in [1.29, 1.82) is 0 Å². The van der Waals surface area contributed by atoms with Crippen LogP contribution in [0.4, 0.5) is 0 Å². The number of hydrogen-bond acceptors (Lipinski definition) is 2. The van der Waals surface area contributed by atoms with E-state index in [1.54, 1.807) is 0 Å². The highest BCUT2D eigenvalue weighted by molar-refractivity contribution is 6.82. The molecule has 0 saturated carbocycles. The number of ether oxygens (including phenoxy) is 1. The maximum Gasteiger partial charge on any atom is 0.329 e. The van der Waals surface area contributed by atoms with Crippen LogP contribution in [0.2, 0.25) is 19.1 Å². The Hall–Kier alpha value is -0.833. The first-order valence-corrected chi connectivity index (χ1v) is 7.18. The number of hydrogen-bond donors (Lipinski definition) is 0. The number of rotatable bonds is 4. The molecule has 0 rings (SSSR count). The molecular weight excluding hydrogens is 168 g/mol. The molecule has 0 amide bonds. The molecule has 2 nitrogen and oxygen atoms in total. The van der Waals surface area contributed by atoms with Gasteiger partial charge in [0.1, 0.15) is 0 Å². The summed E-state index contributed by atoms with van der Waals surface area (Å²) in [6.07, 6.45) is 3.41. The van der Waals surface area contributed by atoms with Crippen LogP contribution in [0.3, 0.4) is 0 Å². The topological polar surface area (TPSA) is 26.3 Å². The van der Waals surface area contributed by atoms with Crippen LogP contribution in [0.1, 0.15) is 0 Å². The molecule has 0 fully saturated rings. The van der Waals surface area contributed by atoms with Crippen LogP contribution in [-0.2, 0) is 9.53 Å². The van der Waals surface area contributed by atoms with Gasteiger partial charge in [-0.1, -0.05) is 24.9 Å². The summed E-state index contributed by atoms with van der Waals surface area (Å²) < 4.78 is 4.49. The van der Waals surface area contributed by atoms with Crippen molar-refractivity contribution in [1.82, 2.24) is 0 Å². The largest absolute Gasteiger partial charge is 0.466 e. The Morgan fingerprint density at radius 1 is 1.58 bits per heavy atom. The van der Waals surface area contributed by atoms with Gasteiger partial charge in [-0.05, 0) is 6.04 Å². The summed E-state index contributed by atoms with van der Waals surface area (Å²) in [5.41, 5.74) is 1.97. The Morgan fingerprint density at radius 2 is 2.17 bits per heavy atom. The van der Waals surface area contributed by atoms with Gasteiger partial charge in [0.15, 0.2) is 0 Å². The second-order valence-corrected chi connectivity index (χ2v) is 8.06. The third-order valence-corrected chi connectivity index (χ3v) is 3.95. The summed E-state index contributed by atoms with van der Waals surface area (Å²) in [6.45, 7) is 8.03. The van der Waals surface area contributed by atoms with E-state index < -0.39 is 8.07 Å². The van der Waals surface area contributed by atoms with E-state index in [2.05, 4.69) is 24.4 Å². The third kappa shape index (κ3) is 4.90. The van der Waals surface area contributed by atoms with Gasteiger partial charge in [-0.25, -0.2) is 4.79 Å². The van der Waals surface area contributed by atoms with Gasteiger partial charge in [-0.15, -0.1) is 6.58 Å². The average Bonchev–Trinajstić information content (AvgIpc) is 2.00. The predicted octanol–water partition coefficient (Wildman–Crippen LogP) is 2.15. The van der Waals surface area contributed by atoms with Crippen molar-refractivity contribution in [3.8, 4) is 0 Å². The lowest BCUT2D eigenvalue weighted by Crippen LogP contribution is -2.21. The van der Waals surface area contributed by atoms with Crippen LogP contribution in [0.25, 0.3) is 0 Å². The Bertz CT molecular complexity index is 195. The van der Waals surface area contributed by atoms with E-state index in [0.29, 0.717) is 0 Å². The maximum absolute atomic E-state index is 10.8. The SMILES string of the molecule is C=CC[Si](C)(C)/C=C/C(=O)OC. The summed E-state index contributed by atoms with van der Waals surface area (Å²) in [5, 5.41) is 0. The van der Waals surface area contributed by atoms with Gasteiger partial charge in [-0.3, -0.25) is 0 Å². The molecule has 0 aliphatic heterocycles. The summed E-state index contributed by atoms with van der Waals surface area (Å²) in [6, 6.07) is 0.987. The molecule has 0 aromatic rings. The van der Waals surface area contributed by atoms with Crippen molar-refractivity contribution < 1.29 is 9.53 Å². The molecule has 68 valence electrons. The van der Waals surface area contributed by atoms with Gasteiger partial charge < -0.3 is 4.74 Å². The van der Waals surface area contributed by atoms with E-state index in [9.17, 15) is 4.79 Å². The minimum Gasteiger partial charge on any atom is -0.466 e. The molecule has 3 heteroatoms. The standard InChI is InChI=1S/C9H16O2Si/c1-5-7-12(3,4)8-6-9(10)11-2/h5-6,8H,1,7H2,2-4H3/b8-6+. The second-order valence-electron chi connectivity index (χ2n) is 3.34. The lowest BCUT2D eigenvalue weighted by molar-refractivity contribution is -0.134. The van der Waals surface area contributed by atoms with Crippen molar-refractivity contribution in [2.75, 3.05) is 7.11 Å². The molecule has 0 aliphatic rings. The van der Waals surface area contributed by atoms with E-state index in [0.717, 1.165) is 6.04 Å². The first-order chi connectivity index (χ1) is 5.52. The third-order valence-electron chi connectivity index (χ3n) is 1.54. The molecule has 0 aromatic heterocycles. The molecule has 0 atom stereocenters. The molecule has 0 N–H and O–H groups in total. The fourth-order valence-corrected chi connectivity index (χ4v) is 2.27. The van der Waals surface area contributed by atoms with Crippen LogP contribution >= 0.6 is 0 Å². The molecule has 12 heavy (non-hydrogen) atoms. The van der Waals surface area contributed by atoms with Crippen LogP contribution in [0, 0.1) is 0 Å². The van der Waals surface area contributed by atoms with E-state index in [1.807, 2.05) is 11.8 Å². The van der Waals surface area contributed by atoms with Gasteiger partial charge in [0.05, 0.1) is 15.2 Å². The number of carbonyl (C=O) groups excluding carboxylic acids is 1. The van der Waals surface area contributed by atoms with Crippen molar-refractivity contribution >= 4 is 14.0 Å². The Kier molecular flexibility index (Phi) is 4.59. The smallest absolute Gasteiger partial charge is 0.329 e. The van der Waals surface area contributed by atoms with Gasteiger partial charge >= 0.3 is 5.97 Å². The summed E-state index contributed by atoms with van der Waals surface area (Å²) in [7, 11) is 0.00186. The molecule has 0 heterocycles. The molecule has 0 bridgehead atoms. The van der Waals surface area contributed by atoms with Crippen molar-refractivity contribution in [3.63, 3.8) is 0 Å². The minimum atomic E-state index is -1.38. The molecule has 0 radical (unpaired) electrons. The summed E-state index contributed by atoms with van der Waals surface area (Å²) in [5.74, 6) is -0.278. The second kappa shape index (κ2) is 4.93. The summed E-state index contributed by atoms with van der Waals surface area (Å²) >= 11 is 0. The average molecular weight is 184 g/mol. The highest BCUT2D eigenvalue weighted by Gasteiger charge is 2.14. The molecular formula is C9H16O2Si. The zero-order chi connectivity index (χ0) is 9.61. The van der Waals surface area contributed by atoms with Gasteiger partial charge in [0, 0.05) is 6.08 Å². The minimum absolute atomic E-state index is 0.278. The monoisotopic (exact) mass is 184 g/mol. The van der Waals surface area contributed by atoms with E-state index in [1.165, 1.54) is 13.2 Å². The number of methoxy groups -OCH3 is 1. The molecule has 0 saturated heterocycles. The summed E-state index contributed by atoms with van der Waals surface area (Å²) in [4.78, 5) is 10.8. The highest BCUT2D eigenvalue weighted by atomic mass is 28.3. The van der Waals surface area contributed by atoms with Crippen molar-refractivity contribution in [2.24, 2.45) is 0 Å². The van der Waals surface area contributed by atoms with Gasteiger partial charge in [0.25, 0.3) is 0 Å². The first-order valence-electron chi connectivity index (χ1n) is 3.90. The quantitative estimate of drug-likeness (QED) is 0.290. The number of allylic oxidation sites excluding steroid dienone is 1. The Morgan fingerprint density at radius 3 is 2.58 bits per heavy atom. The zero-order valence-corrected chi connectivity index (χ0v) is 8.96. The predicted molar refractivity (Wildman–Crippen MR) is 53.6 cm³/mol. The van der Waals surface area contributed by atoms with E-state index in [-0.39, 0.29) is 5.97 Å². The maximum atomic E-state index is 10.8. The van der Waals surface area contributed by atoms with E-state index in [4.69, 9.17) is 0 Å². The zero-order valence-electron chi connectivity index (χ0n) is 7.96. The first kappa shape index (κ1) is 11.2. The number of esters is 1. The molecule has 0 unspecified atom stereocenters. The number of carbonyl (C=O) groups is 1.